The van der Waals surface area contributed by atoms with Crippen molar-refractivity contribution in [2.24, 2.45) is 0 Å². The van der Waals surface area contributed by atoms with E-state index in [1.807, 2.05) is 0 Å². The Morgan fingerprint density at radius 1 is 1.73 bits per heavy atom. The molecule has 0 fully saturated rings. The third-order valence-corrected chi connectivity index (χ3v) is 0.905. The zero-order chi connectivity index (χ0) is 8.10. The molecule has 0 spiro atoms. The number of hydrogen-bond donors (Lipinski definition) is 1. The van der Waals surface area contributed by atoms with Crippen LogP contribution in [-0.2, 0) is 4.65 Å². The largest absolute Gasteiger partial charge is 0.805 e. The zero-order valence-electron chi connectivity index (χ0n) is 5.75. The molecule has 0 radical (unpaired) electrons. The van der Waals surface area contributed by atoms with E-state index in [1.165, 1.54) is 23.5 Å². The van der Waals surface area contributed by atoms with Crippen molar-refractivity contribution < 1.29 is 14.4 Å². The van der Waals surface area contributed by atoms with E-state index in [9.17, 15) is 0 Å². The van der Waals surface area contributed by atoms with E-state index >= 15 is 0 Å². The average Bonchev–Trinajstić information content (AvgIpc) is 2.40. The molecular weight excluding hydrogens is 147 g/mol. The van der Waals surface area contributed by atoms with E-state index in [2.05, 4.69) is 16.2 Å². The van der Waals surface area contributed by atoms with Crippen molar-refractivity contribution in [1.82, 2.24) is 9.71 Å². The molecule has 0 amide bonds. The molecule has 1 N–H and O–H groups in total. The molecule has 1 rings (SSSR count). The van der Waals surface area contributed by atoms with Crippen molar-refractivity contribution in [3.63, 3.8) is 0 Å². The Morgan fingerprint density at radius 2 is 2.55 bits per heavy atom. The second-order valence-electron chi connectivity index (χ2n) is 1.64. The van der Waals surface area contributed by atoms with Crippen LogP contribution in [0.5, 0.6) is 0 Å². The Kier molecular flexibility index (Phi) is 2.56. The van der Waals surface area contributed by atoms with Gasteiger partial charge in [0.25, 0.3) is 0 Å². The predicted octanol–water partition coefficient (Wildman–Crippen LogP) is -0.551. The summed E-state index contributed by atoms with van der Waals surface area (Å²) in [6, 6.07) is 0. The van der Waals surface area contributed by atoms with Crippen LogP contribution in [0.25, 0.3) is 0 Å². The zero-order valence-corrected chi connectivity index (χ0v) is 5.75. The van der Waals surface area contributed by atoms with Crippen molar-refractivity contribution in [2.45, 2.75) is 0 Å². The lowest BCUT2D eigenvalue weighted by Crippen LogP contribution is -2.30. The molecule has 0 aliphatic carbocycles. The van der Waals surface area contributed by atoms with E-state index in [4.69, 9.17) is 9.78 Å². The van der Waals surface area contributed by atoms with Gasteiger partial charge < -0.3 is 14.4 Å². The monoisotopic (exact) mass is 154 g/mol. The standard InChI is InChI=1S/C5H7BN2O3/c1-2-10-6(9)11-8-4-3-7-5-8/h2-5,9H,1H2. The number of imidazole rings is 1. The fourth-order valence-electron chi connectivity index (χ4n) is 0.521. The number of hydrogen-bond acceptors (Lipinski definition) is 4. The van der Waals surface area contributed by atoms with Gasteiger partial charge in [-0.1, -0.05) is 6.58 Å². The van der Waals surface area contributed by atoms with Gasteiger partial charge in [0, 0.05) is 6.20 Å². The molecule has 1 aromatic heterocycles. The fourth-order valence-corrected chi connectivity index (χ4v) is 0.521. The van der Waals surface area contributed by atoms with E-state index in [0.29, 0.717) is 0 Å². The molecule has 0 aliphatic rings. The van der Waals surface area contributed by atoms with Crippen LogP contribution in [0.4, 0.5) is 0 Å². The van der Waals surface area contributed by atoms with Crippen LogP contribution >= 0.6 is 0 Å². The molecule has 0 aliphatic heterocycles. The van der Waals surface area contributed by atoms with Crippen molar-refractivity contribution in [3.05, 3.63) is 31.6 Å². The van der Waals surface area contributed by atoms with Gasteiger partial charge in [0.05, 0.1) is 12.5 Å². The Balaban J connectivity index is 2.37. The van der Waals surface area contributed by atoms with Crippen molar-refractivity contribution in [3.8, 4) is 0 Å². The van der Waals surface area contributed by atoms with Crippen LogP contribution in [0.1, 0.15) is 0 Å². The van der Waals surface area contributed by atoms with Crippen LogP contribution < -0.4 is 4.76 Å². The minimum atomic E-state index is -1.35. The van der Waals surface area contributed by atoms with Crippen LogP contribution in [0.2, 0.25) is 0 Å². The predicted molar refractivity (Wildman–Crippen MR) is 38.1 cm³/mol. The van der Waals surface area contributed by atoms with Gasteiger partial charge in [0.1, 0.15) is 6.33 Å². The number of aromatic nitrogens is 2. The fraction of sp³-hybridized carbons (Fsp3) is 0. The van der Waals surface area contributed by atoms with Crippen molar-refractivity contribution >= 4 is 7.32 Å². The molecule has 1 aromatic rings. The second-order valence-corrected chi connectivity index (χ2v) is 1.64. The Bertz CT molecular complexity index is 214. The quantitative estimate of drug-likeness (QED) is 0.466. The molecule has 1 heterocycles. The Hall–Kier alpha value is -1.43. The topological polar surface area (TPSA) is 56.5 Å². The molecule has 0 atom stereocenters. The minimum Gasteiger partial charge on any atom is -0.507 e. The molecule has 0 unspecified atom stereocenters. The lowest BCUT2D eigenvalue weighted by atomic mass is 10.3. The molecule has 5 nitrogen and oxygen atoms in total. The SMILES string of the molecule is C=COB(O)On1ccnc1. The van der Waals surface area contributed by atoms with Gasteiger partial charge in [-0.05, 0) is 0 Å². The van der Waals surface area contributed by atoms with E-state index in [-0.39, 0.29) is 0 Å². The third-order valence-electron chi connectivity index (χ3n) is 0.905. The van der Waals surface area contributed by atoms with Gasteiger partial charge in [0.15, 0.2) is 0 Å². The Labute approximate surface area is 64.0 Å². The minimum absolute atomic E-state index is 1.08. The van der Waals surface area contributed by atoms with Crippen LogP contribution in [0.15, 0.2) is 31.6 Å². The molecule has 11 heavy (non-hydrogen) atoms. The van der Waals surface area contributed by atoms with Crippen molar-refractivity contribution in [2.75, 3.05) is 0 Å². The Morgan fingerprint density at radius 3 is 3.09 bits per heavy atom. The summed E-state index contributed by atoms with van der Waals surface area (Å²) in [5, 5.41) is 8.86. The van der Waals surface area contributed by atoms with Gasteiger partial charge in [-0.15, -0.1) is 0 Å². The van der Waals surface area contributed by atoms with Gasteiger partial charge in [0.2, 0.25) is 0 Å². The maximum Gasteiger partial charge on any atom is 0.805 e. The first-order chi connectivity index (χ1) is 5.33. The normalized spacial score (nSPS) is 8.82. The first kappa shape index (κ1) is 7.68. The summed E-state index contributed by atoms with van der Waals surface area (Å²) in [6.45, 7) is 3.24. The molecule has 58 valence electrons. The first-order valence-electron chi connectivity index (χ1n) is 2.92. The highest BCUT2D eigenvalue weighted by Gasteiger charge is 2.18. The first-order valence-corrected chi connectivity index (χ1v) is 2.92. The molecule has 0 saturated carbocycles. The van der Waals surface area contributed by atoms with E-state index in [0.717, 1.165) is 6.26 Å². The smallest absolute Gasteiger partial charge is 0.507 e. The average molecular weight is 154 g/mol. The highest BCUT2D eigenvalue weighted by molar-refractivity contribution is 6.35. The molecule has 0 bridgehead atoms. The van der Waals surface area contributed by atoms with Gasteiger partial charge in [-0.3, -0.25) is 0 Å². The second kappa shape index (κ2) is 3.67. The van der Waals surface area contributed by atoms with Crippen LogP contribution in [-0.4, -0.2) is 22.1 Å². The highest BCUT2D eigenvalue weighted by Crippen LogP contribution is 1.84. The molecule has 6 heteroatoms. The summed E-state index contributed by atoms with van der Waals surface area (Å²) in [5.41, 5.74) is 0. The van der Waals surface area contributed by atoms with Gasteiger partial charge >= 0.3 is 7.32 Å². The van der Waals surface area contributed by atoms with Crippen LogP contribution in [0, 0.1) is 0 Å². The number of nitrogens with zero attached hydrogens (tertiary/aromatic N) is 2. The number of rotatable bonds is 4. The van der Waals surface area contributed by atoms with Crippen LogP contribution in [0.3, 0.4) is 0 Å². The third kappa shape index (κ3) is 2.34. The molecular formula is C5H7BN2O3. The van der Waals surface area contributed by atoms with Crippen molar-refractivity contribution in [1.29, 1.82) is 0 Å². The van der Waals surface area contributed by atoms with Gasteiger partial charge in [-0.25, -0.2) is 4.98 Å². The highest BCUT2D eigenvalue weighted by atomic mass is 16.8. The summed E-state index contributed by atoms with van der Waals surface area (Å²) in [7, 11) is -1.35. The van der Waals surface area contributed by atoms with E-state index in [1.54, 1.807) is 0 Å². The van der Waals surface area contributed by atoms with E-state index < -0.39 is 7.32 Å². The maximum atomic E-state index is 8.86. The summed E-state index contributed by atoms with van der Waals surface area (Å²) in [5.74, 6) is 0. The summed E-state index contributed by atoms with van der Waals surface area (Å²) in [4.78, 5) is 3.68. The molecule has 0 aromatic carbocycles. The summed E-state index contributed by atoms with van der Waals surface area (Å²) < 4.78 is 10.4. The summed E-state index contributed by atoms with van der Waals surface area (Å²) in [6.07, 6.45) is 5.51. The summed E-state index contributed by atoms with van der Waals surface area (Å²) >= 11 is 0. The maximum absolute atomic E-state index is 8.86. The molecule has 0 saturated heterocycles. The van der Waals surface area contributed by atoms with Gasteiger partial charge in [-0.2, -0.15) is 4.73 Å². The lowest BCUT2D eigenvalue weighted by molar-refractivity contribution is 0.156. The lowest BCUT2D eigenvalue weighted by Gasteiger charge is -2.05.